The van der Waals surface area contributed by atoms with Crippen molar-refractivity contribution in [3.63, 3.8) is 0 Å². The molecule has 0 unspecified atom stereocenters. The molecule has 0 atom stereocenters. The van der Waals surface area contributed by atoms with E-state index in [9.17, 15) is 0 Å². The summed E-state index contributed by atoms with van der Waals surface area (Å²) in [6.07, 6.45) is 8.78. The molecule has 0 aromatic heterocycles. The molecule has 0 saturated carbocycles. The predicted octanol–water partition coefficient (Wildman–Crippen LogP) is 8.58. The summed E-state index contributed by atoms with van der Waals surface area (Å²) < 4.78 is 0. The summed E-state index contributed by atoms with van der Waals surface area (Å²) in [5.41, 5.74) is 10.5. The molecule has 0 bridgehead atoms. The van der Waals surface area contributed by atoms with Crippen LogP contribution in [0.5, 0.6) is 0 Å². The average Bonchev–Trinajstić information content (AvgIpc) is 2.86. The van der Waals surface area contributed by atoms with Gasteiger partial charge in [-0.05, 0) is 79.5 Å². The number of allylic oxidation sites excluding steroid dienone is 5. The highest BCUT2D eigenvalue weighted by Gasteiger charge is 2.05. The zero-order valence-electron chi connectivity index (χ0n) is 20.9. The maximum atomic E-state index is 4.47. The van der Waals surface area contributed by atoms with E-state index in [1.807, 2.05) is 20.1 Å². The molecule has 1 nitrogen and oxygen atoms in total. The zero-order valence-corrected chi connectivity index (χ0v) is 20.9. The van der Waals surface area contributed by atoms with Crippen molar-refractivity contribution in [2.75, 3.05) is 6.54 Å². The number of rotatable bonds is 3. The van der Waals surface area contributed by atoms with Gasteiger partial charge >= 0.3 is 0 Å². The monoisotopic (exact) mass is 415 g/mol. The van der Waals surface area contributed by atoms with E-state index in [1.54, 1.807) is 0 Å². The van der Waals surface area contributed by atoms with Gasteiger partial charge in [-0.25, -0.2) is 0 Å². The van der Waals surface area contributed by atoms with Gasteiger partial charge in [-0.1, -0.05) is 94.0 Å². The van der Waals surface area contributed by atoms with Crippen molar-refractivity contribution >= 4 is 11.8 Å². The van der Waals surface area contributed by atoms with E-state index in [-0.39, 0.29) is 0 Å². The van der Waals surface area contributed by atoms with Crippen molar-refractivity contribution in [1.82, 2.24) is 0 Å². The normalized spacial score (nSPS) is 19.1. The van der Waals surface area contributed by atoms with Gasteiger partial charge in [0.25, 0.3) is 0 Å². The summed E-state index contributed by atoms with van der Waals surface area (Å²) in [4.78, 5) is 4.47. The van der Waals surface area contributed by atoms with Crippen LogP contribution in [-0.4, -0.2) is 12.8 Å². The van der Waals surface area contributed by atoms with E-state index in [1.165, 1.54) is 44.5 Å². The fraction of sp³-hybridized carbons (Fsp3) is 0.367. The van der Waals surface area contributed by atoms with Crippen LogP contribution in [0, 0.1) is 6.92 Å². The summed E-state index contributed by atoms with van der Waals surface area (Å²) in [5, 5.41) is 0. The minimum Gasteiger partial charge on any atom is -0.288 e. The van der Waals surface area contributed by atoms with Gasteiger partial charge in [0, 0.05) is 6.21 Å². The van der Waals surface area contributed by atoms with Crippen LogP contribution in [-0.2, 0) is 12.8 Å². The van der Waals surface area contributed by atoms with Crippen LogP contribution in [0.4, 0.5) is 0 Å². The quantitative estimate of drug-likeness (QED) is 0.476. The SMILES string of the molecule is C/C1=C/C(c2ccccc2C)=C\C(C)=C(/C)C=NC1.CC.CCc1ccc(CC)cc1. The van der Waals surface area contributed by atoms with E-state index < -0.39 is 0 Å². The molecule has 0 aliphatic carbocycles. The fourth-order valence-corrected chi connectivity index (χ4v) is 3.19. The largest absolute Gasteiger partial charge is 0.288 e. The summed E-state index contributed by atoms with van der Waals surface area (Å²) in [7, 11) is 0. The summed E-state index contributed by atoms with van der Waals surface area (Å²) >= 11 is 0. The Hall–Kier alpha value is -2.67. The molecule has 0 saturated heterocycles. The highest BCUT2D eigenvalue weighted by atomic mass is 14.7. The van der Waals surface area contributed by atoms with Crippen molar-refractivity contribution in [1.29, 1.82) is 0 Å². The Balaban J connectivity index is 0.000000337. The lowest BCUT2D eigenvalue weighted by Crippen LogP contribution is -1.89. The lowest BCUT2D eigenvalue weighted by Gasteiger charge is -2.09. The molecule has 2 aromatic rings. The van der Waals surface area contributed by atoms with Crippen molar-refractivity contribution in [3.8, 4) is 0 Å². The third kappa shape index (κ3) is 8.92. The van der Waals surface area contributed by atoms with Crippen LogP contribution in [0.3, 0.4) is 0 Å². The molecule has 1 heterocycles. The molecule has 1 aliphatic heterocycles. The predicted molar refractivity (Wildman–Crippen MR) is 141 cm³/mol. The highest BCUT2D eigenvalue weighted by molar-refractivity contribution is 5.84. The first-order valence-electron chi connectivity index (χ1n) is 11.6. The third-order valence-electron chi connectivity index (χ3n) is 5.32. The molecule has 0 spiro atoms. The molecule has 0 fully saturated rings. The molecule has 166 valence electrons. The maximum Gasteiger partial charge on any atom is 0.0600 e. The van der Waals surface area contributed by atoms with E-state index in [2.05, 4.69) is 107 Å². The maximum absolute atomic E-state index is 4.47. The fourth-order valence-electron chi connectivity index (χ4n) is 3.19. The Morgan fingerprint density at radius 2 is 1.26 bits per heavy atom. The lowest BCUT2D eigenvalue weighted by atomic mass is 9.96. The number of benzene rings is 2. The first-order chi connectivity index (χ1) is 14.9. The summed E-state index contributed by atoms with van der Waals surface area (Å²) in [6.45, 7) is 17.7. The number of aryl methyl sites for hydroxylation is 3. The molecule has 1 heteroatoms. The van der Waals surface area contributed by atoms with Gasteiger partial charge in [0.2, 0.25) is 0 Å². The van der Waals surface area contributed by atoms with E-state index in [4.69, 9.17) is 0 Å². The van der Waals surface area contributed by atoms with Gasteiger partial charge in [-0.2, -0.15) is 0 Å². The van der Waals surface area contributed by atoms with Crippen LogP contribution in [0.15, 0.2) is 82.4 Å². The van der Waals surface area contributed by atoms with Gasteiger partial charge in [-0.15, -0.1) is 0 Å². The van der Waals surface area contributed by atoms with Crippen LogP contribution in [0.1, 0.15) is 70.7 Å². The molecule has 1 aliphatic rings. The van der Waals surface area contributed by atoms with Crippen LogP contribution in [0.25, 0.3) is 5.57 Å². The molecular formula is C30H41N. The topological polar surface area (TPSA) is 12.4 Å². The van der Waals surface area contributed by atoms with Gasteiger partial charge in [0.15, 0.2) is 0 Å². The molecule has 2 aromatic carbocycles. The standard InChI is InChI=1S/C18H21N.C10H14.C2H6/c1-13-9-17(18-8-6-5-7-14(18)2)10-15(3)16(4)12-19-11-13;1-3-9-5-7-10(4-2)8-6-9;1-2/h5-10,12H,11H2,1-4H3;5-8H,3-4H2,1-2H3;1-2H3/b13-9-,16-15+,17-10+,19-12?;;. The smallest absolute Gasteiger partial charge is 0.0600 e. The number of hydrogen-bond donors (Lipinski definition) is 0. The van der Waals surface area contributed by atoms with Crippen molar-refractivity contribution < 1.29 is 0 Å². The molecular weight excluding hydrogens is 374 g/mol. The second kappa shape index (κ2) is 14.4. The average molecular weight is 416 g/mol. The van der Waals surface area contributed by atoms with Crippen molar-refractivity contribution in [2.24, 2.45) is 4.99 Å². The van der Waals surface area contributed by atoms with Crippen LogP contribution < -0.4 is 0 Å². The van der Waals surface area contributed by atoms with E-state index >= 15 is 0 Å². The molecule has 0 radical (unpaired) electrons. The van der Waals surface area contributed by atoms with Gasteiger partial charge in [0.1, 0.15) is 0 Å². The van der Waals surface area contributed by atoms with Crippen molar-refractivity contribution in [2.45, 2.75) is 68.2 Å². The minimum atomic E-state index is 0.772. The highest BCUT2D eigenvalue weighted by Crippen LogP contribution is 2.24. The Labute approximate surface area is 191 Å². The minimum absolute atomic E-state index is 0.772. The Bertz CT molecular complexity index is 898. The molecule has 0 N–H and O–H groups in total. The molecule has 3 rings (SSSR count). The Morgan fingerprint density at radius 3 is 1.77 bits per heavy atom. The van der Waals surface area contributed by atoms with Gasteiger partial charge in [0.05, 0.1) is 6.54 Å². The van der Waals surface area contributed by atoms with Crippen LogP contribution in [0.2, 0.25) is 0 Å². The van der Waals surface area contributed by atoms with E-state index in [0.29, 0.717) is 0 Å². The zero-order chi connectivity index (χ0) is 23.2. The first-order valence-corrected chi connectivity index (χ1v) is 11.6. The number of nitrogens with zero attached hydrogens (tertiary/aromatic N) is 1. The first kappa shape index (κ1) is 26.4. The second-order valence-corrected chi connectivity index (χ2v) is 7.76. The number of hydrogen-bond acceptors (Lipinski definition) is 1. The lowest BCUT2D eigenvalue weighted by molar-refractivity contribution is 1.10. The molecule has 0 amide bonds. The van der Waals surface area contributed by atoms with Gasteiger partial charge in [-0.3, -0.25) is 4.99 Å². The van der Waals surface area contributed by atoms with E-state index in [0.717, 1.165) is 19.4 Å². The Morgan fingerprint density at radius 1 is 0.710 bits per heavy atom. The third-order valence-corrected chi connectivity index (χ3v) is 5.32. The van der Waals surface area contributed by atoms with Crippen LogP contribution >= 0.6 is 0 Å². The summed E-state index contributed by atoms with van der Waals surface area (Å²) in [5.74, 6) is 0. The molecule has 31 heavy (non-hydrogen) atoms. The Kier molecular flexibility index (Phi) is 12.2. The van der Waals surface area contributed by atoms with Gasteiger partial charge < -0.3 is 0 Å². The summed E-state index contributed by atoms with van der Waals surface area (Å²) in [6, 6.07) is 17.4. The number of aliphatic imine (C=N–C) groups is 1. The van der Waals surface area contributed by atoms with Crippen molar-refractivity contribution in [3.05, 3.63) is 99.7 Å². The second-order valence-electron chi connectivity index (χ2n) is 7.76.